The molecule has 0 fully saturated rings. The Hall–Kier alpha value is -2.76. The van der Waals surface area contributed by atoms with Crippen LogP contribution in [0.3, 0.4) is 0 Å². The van der Waals surface area contributed by atoms with Crippen LogP contribution in [0.25, 0.3) is 0 Å². The lowest BCUT2D eigenvalue weighted by molar-refractivity contribution is -0.126. The van der Waals surface area contributed by atoms with Crippen molar-refractivity contribution in [2.45, 2.75) is 67.2 Å². The number of phenols is 2. The number of carbonyl (C=O) groups excluding carboxylic acids is 2. The van der Waals surface area contributed by atoms with E-state index in [0.717, 1.165) is 0 Å². The first kappa shape index (κ1) is 39.7. The molecule has 2 aromatic rings. The number of aromatic hydroxyl groups is 2. The number of halogens is 2. The van der Waals surface area contributed by atoms with Crippen LogP contribution in [-0.4, -0.2) is 36.1 Å². The molecule has 6 heteroatoms. The fraction of sp³-hybridized carbons (Fsp3) is 0.462. The lowest BCUT2D eigenvalue weighted by Crippen LogP contribution is -2.04. The van der Waals surface area contributed by atoms with Crippen LogP contribution in [0.5, 0.6) is 11.5 Å². The smallest absolute Gasteiger partial charge is 0.139 e. The van der Waals surface area contributed by atoms with Crippen LogP contribution in [0.4, 0.5) is 8.78 Å². The molecule has 0 amide bonds. The number of hydrogen-bond acceptors (Lipinski definition) is 4. The van der Waals surface area contributed by atoms with Crippen molar-refractivity contribution in [3.8, 4) is 11.5 Å². The van der Waals surface area contributed by atoms with Crippen molar-refractivity contribution in [1.82, 2.24) is 0 Å². The van der Waals surface area contributed by atoms with Gasteiger partial charge in [0.05, 0.1) is 20.8 Å². The molecule has 2 N–H and O–H groups in total. The van der Waals surface area contributed by atoms with Gasteiger partial charge in [0.25, 0.3) is 0 Å². The highest BCUT2D eigenvalue weighted by molar-refractivity contribution is 5.98. The number of benzene rings is 2. The maximum Gasteiger partial charge on any atom is 0.139 e. The summed E-state index contributed by atoms with van der Waals surface area (Å²) in [4.78, 5) is 21.1. The molecule has 0 aliphatic rings. The van der Waals surface area contributed by atoms with Crippen LogP contribution in [0.1, 0.15) is 67.2 Å². The largest absolute Gasteiger partial charge is 0.508 e. The first-order valence-electron chi connectivity index (χ1n) is 10.7. The molecule has 0 heterocycles. The number of ketones is 2. The number of phenolic OH excluding ortho intramolecular Hbond substituents is 2. The Kier molecular flexibility index (Phi) is 48.1. The zero-order valence-corrected chi connectivity index (χ0v) is 21.1. The highest BCUT2D eigenvalue weighted by Gasteiger charge is 2.03. The van der Waals surface area contributed by atoms with Gasteiger partial charge in [-0.2, -0.15) is 0 Å². The second kappa shape index (κ2) is 38.8. The van der Waals surface area contributed by atoms with Gasteiger partial charge < -0.3 is 10.2 Å². The monoisotopic (exact) mass is 458 g/mol. The van der Waals surface area contributed by atoms with Crippen molar-refractivity contribution < 1.29 is 28.6 Å². The van der Waals surface area contributed by atoms with Crippen molar-refractivity contribution in [2.75, 3.05) is 14.4 Å². The second-order valence-corrected chi connectivity index (χ2v) is 5.34. The van der Waals surface area contributed by atoms with Gasteiger partial charge in [-0.25, -0.2) is 0 Å². The first-order chi connectivity index (χ1) is 15.4. The summed E-state index contributed by atoms with van der Waals surface area (Å²) in [6, 6.07) is 17.4. The number of Topliss-reactive ketones (excluding diaryl/α,β-unsaturated/α-hetero) is 2. The predicted molar refractivity (Wildman–Crippen MR) is 133 cm³/mol. The van der Waals surface area contributed by atoms with Gasteiger partial charge in [0.15, 0.2) is 0 Å². The maximum atomic E-state index is 10.6. The van der Waals surface area contributed by atoms with Crippen LogP contribution in [0.2, 0.25) is 0 Å². The van der Waals surface area contributed by atoms with E-state index < -0.39 is 0 Å². The van der Waals surface area contributed by atoms with Crippen LogP contribution in [-0.2, 0) is 9.59 Å². The maximum absolute atomic E-state index is 10.6. The third-order valence-corrected chi connectivity index (χ3v) is 2.70. The van der Waals surface area contributed by atoms with Crippen LogP contribution < -0.4 is 0 Å². The summed E-state index contributed by atoms with van der Waals surface area (Å²) in [5.41, 5.74) is 0. The van der Waals surface area contributed by atoms with Crippen molar-refractivity contribution in [3.05, 3.63) is 60.7 Å². The number of hydrogen-bond donors (Lipinski definition) is 2. The van der Waals surface area contributed by atoms with Gasteiger partial charge in [0.2, 0.25) is 0 Å². The normalized spacial score (nSPS) is 7.44. The molecule has 4 nitrogen and oxygen atoms in total. The van der Waals surface area contributed by atoms with E-state index in [1.165, 1.54) is 6.42 Å². The number of alkyl halides is 2. The minimum atomic E-state index is 0.0434. The van der Waals surface area contributed by atoms with Crippen molar-refractivity contribution in [3.63, 3.8) is 0 Å². The van der Waals surface area contributed by atoms with Crippen molar-refractivity contribution in [2.24, 2.45) is 0 Å². The predicted octanol–water partition coefficient (Wildman–Crippen LogP) is 7.73. The fourth-order valence-corrected chi connectivity index (χ4v) is 1.33. The summed E-state index contributed by atoms with van der Waals surface area (Å²) in [6.45, 7) is 11.8. The summed E-state index contributed by atoms with van der Waals surface area (Å²) in [6.07, 6.45) is 2.34. The van der Waals surface area contributed by atoms with Gasteiger partial charge in [-0.1, -0.05) is 84.4 Å². The molecule has 0 spiro atoms. The molecule has 2 rings (SSSR count). The zero-order valence-electron chi connectivity index (χ0n) is 21.1. The molecule has 0 atom stereocenters. The average Bonchev–Trinajstić information content (AvgIpc) is 2.85. The van der Waals surface area contributed by atoms with E-state index in [4.69, 9.17) is 10.2 Å². The Morgan fingerprint density at radius 3 is 0.969 bits per heavy atom. The van der Waals surface area contributed by atoms with Gasteiger partial charge in [0, 0.05) is 12.8 Å². The average molecular weight is 459 g/mol. The molecular formula is C26H44F2O4. The van der Waals surface area contributed by atoms with Crippen LogP contribution in [0, 0.1) is 0 Å². The third kappa shape index (κ3) is 41.6. The van der Waals surface area contributed by atoms with Gasteiger partial charge in [-0.05, 0) is 24.3 Å². The Morgan fingerprint density at radius 1 is 0.625 bits per heavy atom. The van der Waals surface area contributed by atoms with E-state index in [1.807, 2.05) is 26.0 Å². The van der Waals surface area contributed by atoms with E-state index in [9.17, 15) is 18.4 Å². The molecule has 0 aliphatic heterocycles. The Balaban J connectivity index is -0.0000000969. The molecule has 0 unspecified atom stereocenters. The number of para-hydroxylation sites is 2. The highest BCUT2D eigenvalue weighted by atomic mass is 19.1. The molecule has 2 aromatic carbocycles. The Bertz CT molecular complexity index is 525. The summed E-state index contributed by atoms with van der Waals surface area (Å²) < 4.78 is 19.0. The molecule has 0 saturated carbocycles. The fourth-order valence-electron chi connectivity index (χ4n) is 1.33. The molecule has 186 valence electrons. The Labute approximate surface area is 194 Å². The molecule has 0 radical (unpaired) electrons. The Morgan fingerprint density at radius 2 is 0.844 bits per heavy atom. The van der Waals surface area contributed by atoms with E-state index >= 15 is 0 Å². The summed E-state index contributed by atoms with van der Waals surface area (Å²) >= 11 is 0. The van der Waals surface area contributed by atoms with Gasteiger partial charge >= 0.3 is 0 Å². The van der Waals surface area contributed by atoms with Gasteiger partial charge in [0.1, 0.15) is 23.1 Å². The number of rotatable bonds is 4. The highest BCUT2D eigenvalue weighted by Crippen LogP contribution is 2.03. The van der Waals surface area contributed by atoms with E-state index in [1.54, 1.807) is 62.4 Å². The summed E-state index contributed by atoms with van der Waals surface area (Å²) in [5, 5.41) is 17.3. The molecule has 0 bridgehead atoms. The van der Waals surface area contributed by atoms with Gasteiger partial charge in [-0.15, -0.1) is 0 Å². The molecule has 0 aliphatic carbocycles. The van der Waals surface area contributed by atoms with Crippen LogP contribution in [0.15, 0.2) is 60.7 Å². The van der Waals surface area contributed by atoms with Crippen molar-refractivity contribution >= 4 is 11.6 Å². The zero-order chi connectivity index (χ0) is 26.2. The minimum absolute atomic E-state index is 0.0434. The molecule has 0 aromatic heterocycles. The van der Waals surface area contributed by atoms with Crippen LogP contribution >= 0.6 is 0 Å². The van der Waals surface area contributed by atoms with Gasteiger partial charge in [-0.3, -0.25) is 18.4 Å². The topological polar surface area (TPSA) is 74.6 Å². The quantitative estimate of drug-likeness (QED) is 0.460. The molecular weight excluding hydrogens is 414 g/mol. The summed E-state index contributed by atoms with van der Waals surface area (Å²) in [5.74, 6) is 0.730. The third-order valence-electron chi connectivity index (χ3n) is 2.70. The molecule has 0 saturated heterocycles. The van der Waals surface area contributed by atoms with E-state index in [-0.39, 0.29) is 18.0 Å². The molecule has 32 heavy (non-hydrogen) atoms. The standard InChI is InChI=1S/C7H12O2.2C6H6O.C3H8.C2H6.2CH3F/c1-3-6(8)5-7(9)4-2;2*7-6-4-2-1-3-5-6;1-3-2;3*1-2/h3-5H2,1-2H3;2*1-5,7H;3H2,1-2H3;1-2H3;2*1H3. The first-order valence-corrected chi connectivity index (χ1v) is 10.7. The van der Waals surface area contributed by atoms with E-state index in [2.05, 4.69) is 13.8 Å². The van der Waals surface area contributed by atoms with E-state index in [0.29, 0.717) is 38.7 Å². The second-order valence-electron chi connectivity index (χ2n) is 5.34. The summed E-state index contributed by atoms with van der Waals surface area (Å²) in [7, 11) is 1.00. The van der Waals surface area contributed by atoms with Crippen molar-refractivity contribution in [1.29, 1.82) is 0 Å². The lowest BCUT2D eigenvalue weighted by Gasteiger charge is -1.91. The minimum Gasteiger partial charge on any atom is -0.508 e. The SMILES string of the molecule is CC.CCC.CCC(=O)CC(=O)CC.CF.CF.Oc1ccccc1.Oc1ccccc1. The lowest BCUT2D eigenvalue weighted by atomic mass is 10.1. The number of carbonyl (C=O) groups is 2.